The lowest BCUT2D eigenvalue weighted by Crippen LogP contribution is -2.25. The minimum atomic E-state index is 0.195. The first kappa shape index (κ1) is 15.4. The second-order valence-electron chi connectivity index (χ2n) is 4.56. The summed E-state index contributed by atoms with van der Waals surface area (Å²) in [5.41, 5.74) is 2.26. The molecule has 0 aliphatic heterocycles. The number of pyridine rings is 1. The third-order valence-corrected chi connectivity index (χ3v) is 3.39. The maximum absolute atomic E-state index is 5.98. The zero-order valence-corrected chi connectivity index (χ0v) is 13.2. The smallest absolute Gasteiger partial charge is 0.231 e. The van der Waals surface area contributed by atoms with Crippen LogP contribution >= 0.6 is 11.6 Å². The van der Waals surface area contributed by atoms with Crippen LogP contribution in [0.1, 0.15) is 25.0 Å². The van der Waals surface area contributed by atoms with Crippen LogP contribution in [0.15, 0.2) is 18.5 Å². The number of nitrogens with one attached hydrogen (secondary N) is 1. The maximum Gasteiger partial charge on any atom is 0.231 e. The summed E-state index contributed by atoms with van der Waals surface area (Å²) < 4.78 is 0. The first-order valence-corrected chi connectivity index (χ1v) is 7.31. The van der Waals surface area contributed by atoms with E-state index in [0.717, 1.165) is 24.2 Å². The molecular formula is C14H19ClN6. The topological polar surface area (TPSA) is 66.8 Å². The summed E-state index contributed by atoms with van der Waals surface area (Å²) in [6.07, 6.45) is 3.60. The van der Waals surface area contributed by atoms with E-state index in [4.69, 9.17) is 11.6 Å². The van der Waals surface area contributed by atoms with Crippen molar-refractivity contribution in [2.75, 3.05) is 23.3 Å². The van der Waals surface area contributed by atoms with Gasteiger partial charge in [0.2, 0.25) is 17.2 Å². The number of halogens is 1. The number of anilines is 2. The molecule has 6 nitrogen and oxygen atoms in total. The molecule has 0 amide bonds. The van der Waals surface area contributed by atoms with Gasteiger partial charge in [0.15, 0.2) is 0 Å². The van der Waals surface area contributed by atoms with Crippen molar-refractivity contribution in [2.24, 2.45) is 0 Å². The van der Waals surface area contributed by atoms with Gasteiger partial charge in [-0.1, -0.05) is 0 Å². The number of aromatic nitrogens is 4. The van der Waals surface area contributed by atoms with E-state index in [0.29, 0.717) is 18.4 Å². The quantitative estimate of drug-likeness (QED) is 0.885. The molecule has 0 radical (unpaired) electrons. The number of nitrogens with zero attached hydrogens (tertiary/aromatic N) is 5. The second-order valence-corrected chi connectivity index (χ2v) is 4.89. The molecule has 2 heterocycles. The van der Waals surface area contributed by atoms with Crippen LogP contribution in [0.25, 0.3) is 0 Å². The lowest BCUT2D eigenvalue weighted by atomic mass is 10.1. The van der Waals surface area contributed by atoms with Gasteiger partial charge in [-0.25, -0.2) is 0 Å². The van der Waals surface area contributed by atoms with Crippen molar-refractivity contribution in [3.05, 3.63) is 34.9 Å². The zero-order valence-electron chi connectivity index (χ0n) is 12.5. The van der Waals surface area contributed by atoms with E-state index in [1.807, 2.05) is 24.1 Å². The molecule has 0 unspecified atom stereocenters. The van der Waals surface area contributed by atoms with Crippen molar-refractivity contribution >= 4 is 23.5 Å². The molecule has 21 heavy (non-hydrogen) atoms. The molecule has 0 spiro atoms. The Morgan fingerprint density at radius 3 is 2.62 bits per heavy atom. The molecule has 0 bridgehead atoms. The zero-order chi connectivity index (χ0) is 15.2. The van der Waals surface area contributed by atoms with Crippen molar-refractivity contribution in [2.45, 2.75) is 27.3 Å². The van der Waals surface area contributed by atoms with E-state index in [9.17, 15) is 0 Å². The van der Waals surface area contributed by atoms with E-state index >= 15 is 0 Å². The van der Waals surface area contributed by atoms with E-state index < -0.39 is 0 Å². The van der Waals surface area contributed by atoms with Crippen molar-refractivity contribution in [1.82, 2.24) is 19.9 Å². The normalized spacial score (nSPS) is 10.5. The van der Waals surface area contributed by atoms with Gasteiger partial charge in [0.25, 0.3) is 0 Å². The lowest BCUT2D eigenvalue weighted by Gasteiger charge is -2.18. The number of aryl methyl sites for hydroxylation is 1. The maximum atomic E-state index is 5.98. The molecule has 0 fully saturated rings. The minimum Gasteiger partial charge on any atom is -0.350 e. The van der Waals surface area contributed by atoms with Crippen LogP contribution in [0.4, 0.5) is 11.9 Å². The fourth-order valence-corrected chi connectivity index (χ4v) is 2.10. The van der Waals surface area contributed by atoms with Crippen LogP contribution in [0.2, 0.25) is 5.28 Å². The summed E-state index contributed by atoms with van der Waals surface area (Å²) in [4.78, 5) is 18.8. The Bertz CT molecular complexity index is 600. The standard InChI is InChI=1S/C14H19ClN6/c1-4-21(5-2)14-19-12(15)18-13(20-14)17-9-11-6-7-16-8-10(11)3/h6-8H,4-5,9H2,1-3H3,(H,17,18,19,20). The molecule has 0 aliphatic carbocycles. The highest BCUT2D eigenvalue weighted by atomic mass is 35.5. The molecule has 2 aromatic rings. The Kier molecular flexibility index (Phi) is 5.27. The van der Waals surface area contributed by atoms with E-state index in [1.54, 1.807) is 6.20 Å². The summed E-state index contributed by atoms with van der Waals surface area (Å²) in [5.74, 6) is 1.07. The van der Waals surface area contributed by atoms with Gasteiger partial charge in [0, 0.05) is 32.0 Å². The molecule has 2 aromatic heterocycles. The second kappa shape index (κ2) is 7.17. The molecule has 0 atom stereocenters. The van der Waals surface area contributed by atoms with Gasteiger partial charge in [0.1, 0.15) is 0 Å². The summed E-state index contributed by atoms with van der Waals surface area (Å²) in [7, 11) is 0. The van der Waals surface area contributed by atoms with Gasteiger partial charge < -0.3 is 10.2 Å². The molecule has 0 aliphatic rings. The Hall–Kier alpha value is -1.95. The SMILES string of the molecule is CCN(CC)c1nc(Cl)nc(NCc2ccncc2C)n1. The van der Waals surface area contributed by atoms with Crippen molar-refractivity contribution in [3.63, 3.8) is 0 Å². The molecule has 0 aromatic carbocycles. The van der Waals surface area contributed by atoms with Crippen LogP contribution in [0.3, 0.4) is 0 Å². The minimum absolute atomic E-state index is 0.195. The fourth-order valence-electron chi connectivity index (χ4n) is 1.94. The third-order valence-electron chi connectivity index (χ3n) is 3.22. The van der Waals surface area contributed by atoms with Gasteiger partial charge in [-0.15, -0.1) is 0 Å². The molecule has 112 valence electrons. The molecule has 0 saturated carbocycles. The Balaban J connectivity index is 2.15. The highest BCUT2D eigenvalue weighted by Crippen LogP contribution is 2.14. The van der Waals surface area contributed by atoms with Gasteiger partial charge in [0.05, 0.1) is 0 Å². The summed E-state index contributed by atoms with van der Waals surface area (Å²) in [6.45, 7) is 8.38. The first-order valence-electron chi connectivity index (χ1n) is 6.94. The van der Waals surface area contributed by atoms with Gasteiger partial charge in [-0.2, -0.15) is 15.0 Å². The van der Waals surface area contributed by atoms with Crippen molar-refractivity contribution in [1.29, 1.82) is 0 Å². The van der Waals surface area contributed by atoms with Gasteiger partial charge in [-0.05, 0) is 49.6 Å². The summed E-state index contributed by atoms with van der Waals surface area (Å²) in [6, 6.07) is 1.97. The van der Waals surface area contributed by atoms with Gasteiger partial charge >= 0.3 is 0 Å². The highest BCUT2D eigenvalue weighted by Gasteiger charge is 2.10. The number of rotatable bonds is 6. The van der Waals surface area contributed by atoms with E-state index in [-0.39, 0.29) is 5.28 Å². The molecule has 1 N–H and O–H groups in total. The monoisotopic (exact) mass is 306 g/mol. The predicted octanol–water partition coefficient (Wildman–Crippen LogP) is 2.69. The first-order chi connectivity index (χ1) is 10.1. The van der Waals surface area contributed by atoms with Crippen LogP contribution in [-0.2, 0) is 6.54 Å². The fraction of sp³-hybridized carbons (Fsp3) is 0.429. The average Bonchev–Trinajstić information content (AvgIpc) is 2.47. The van der Waals surface area contributed by atoms with Crippen molar-refractivity contribution in [3.8, 4) is 0 Å². The molecule has 0 saturated heterocycles. The summed E-state index contributed by atoms with van der Waals surface area (Å²) in [5, 5.41) is 3.38. The Labute approximate surface area is 129 Å². The third kappa shape index (κ3) is 4.01. The van der Waals surface area contributed by atoms with E-state index in [2.05, 4.69) is 39.1 Å². The van der Waals surface area contributed by atoms with Crippen LogP contribution < -0.4 is 10.2 Å². The highest BCUT2D eigenvalue weighted by molar-refractivity contribution is 6.28. The van der Waals surface area contributed by atoms with Crippen molar-refractivity contribution < 1.29 is 0 Å². The van der Waals surface area contributed by atoms with Gasteiger partial charge in [-0.3, -0.25) is 4.98 Å². The Morgan fingerprint density at radius 2 is 1.95 bits per heavy atom. The van der Waals surface area contributed by atoms with Crippen LogP contribution in [-0.4, -0.2) is 33.0 Å². The Morgan fingerprint density at radius 1 is 1.19 bits per heavy atom. The van der Waals surface area contributed by atoms with Crippen LogP contribution in [0.5, 0.6) is 0 Å². The van der Waals surface area contributed by atoms with E-state index in [1.165, 1.54) is 0 Å². The molecule has 2 rings (SSSR count). The average molecular weight is 307 g/mol. The number of hydrogen-bond acceptors (Lipinski definition) is 6. The number of hydrogen-bond donors (Lipinski definition) is 1. The lowest BCUT2D eigenvalue weighted by molar-refractivity contribution is 0.811. The largest absolute Gasteiger partial charge is 0.350 e. The molecular weight excluding hydrogens is 288 g/mol. The van der Waals surface area contributed by atoms with Crippen LogP contribution in [0, 0.1) is 6.92 Å². The predicted molar refractivity (Wildman–Crippen MR) is 84.7 cm³/mol. The summed E-state index contributed by atoms with van der Waals surface area (Å²) >= 11 is 5.98. The molecule has 7 heteroatoms.